The quantitative estimate of drug-likeness (QED) is 0.744. The van der Waals surface area contributed by atoms with Crippen molar-refractivity contribution in [3.63, 3.8) is 0 Å². The zero-order valence-corrected chi connectivity index (χ0v) is 10.3. The molecule has 1 aromatic heterocycles. The molecular weight excluding hydrogens is 232 g/mol. The number of aromatic amines is 1. The SMILES string of the molecule is COc1ccc(CNC(C)c2ncn[nH]2)c(O)c1. The number of aromatic hydroxyl groups is 1. The molecule has 0 aliphatic carbocycles. The van der Waals surface area contributed by atoms with Crippen molar-refractivity contribution in [2.24, 2.45) is 0 Å². The van der Waals surface area contributed by atoms with Crippen molar-refractivity contribution in [2.75, 3.05) is 7.11 Å². The average molecular weight is 248 g/mol. The molecule has 0 saturated heterocycles. The molecule has 0 aliphatic heterocycles. The van der Waals surface area contributed by atoms with Crippen LogP contribution in [0.3, 0.4) is 0 Å². The molecule has 6 heteroatoms. The fourth-order valence-corrected chi connectivity index (χ4v) is 1.60. The Morgan fingerprint density at radius 1 is 1.50 bits per heavy atom. The van der Waals surface area contributed by atoms with Crippen LogP contribution in [0.25, 0.3) is 0 Å². The second kappa shape index (κ2) is 5.50. The van der Waals surface area contributed by atoms with Crippen LogP contribution in [0.1, 0.15) is 24.4 Å². The Hall–Kier alpha value is -2.08. The lowest BCUT2D eigenvalue weighted by Gasteiger charge is -2.12. The molecule has 0 saturated carbocycles. The van der Waals surface area contributed by atoms with Crippen LogP contribution < -0.4 is 10.1 Å². The Morgan fingerprint density at radius 3 is 2.94 bits per heavy atom. The minimum absolute atomic E-state index is 0.0361. The zero-order chi connectivity index (χ0) is 13.0. The minimum atomic E-state index is 0.0361. The summed E-state index contributed by atoms with van der Waals surface area (Å²) in [5, 5.41) is 19.7. The molecule has 0 bridgehead atoms. The first-order chi connectivity index (χ1) is 8.70. The summed E-state index contributed by atoms with van der Waals surface area (Å²) in [5.41, 5.74) is 0.808. The van der Waals surface area contributed by atoms with Gasteiger partial charge in [-0.2, -0.15) is 5.10 Å². The monoisotopic (exact) mass is 248 g/mol. The average Bonchev–Trinajstić information content (AvgIpc) is 2.90. The lowest BCUT2D eigenvalue weighted by Crippen LogP contribution is -2.19. The van der Waals surface area contributed by atoms with E-state index in [0.717, 1.165) is 11.4 Å². The van der Waals surface area contributed by atoms with Gasteiger partial charge in [-0.15, -0.1) is 0 Å². The molecule has 1 heterocycles. The summed E-state index contributed by atoms with van der Waals surface area (Å²) in [6.07, 6.45) is 1.47. The van der Waals surface area contributed by atoms with Gasteiger partial charge in [0.1, 0.15) is 23.7 Å². The first-order valence-electron chi connectivity index (χ1n) is 5.65. The first-order valence-corrected chi connectivity index (χ1v) is 5.65. The van der Waals surface area contributed by atoms with Gasteiger partial charge in [0.05, 0.1) is 13.2 Å². The molecule has 1 atom stereocenters. The fraction of sp³-hybridized carbons (Fsp3) is 0.333. The van der Waals surface area contributed by atoms with Crippen LogP contribution in [-0.4, -0.2) is 27.4 Å². The van der Waals surface area contributed by atoms with Crippen LogP contribution in [0.4, 0.5) is 0 Å². The molecule has 0 radical (unpaired) electrons. The molecule has 0 fully saturated rings. The number of nitrogens with one attached hydrogen (secondary N) is 2. The first kappa shape index (κ1) is 12.4. The molecule has 0 aliphatic rings. The van der Waals surface area contributed by atoms with Gasteiger partial charge in [0.2, 0.25) is 0 Å². The number of hydrogen-bond acceptors (Lipinski definition) is 5. The summed E-state index contributed by atoms with van der Waals surface area (Å²) in [6.45, 7) is 2.51. The number of aromatic nitrogens is 3. The van der Waals surface area contributed by atoms with E-state index in [1.807, 2.05) is 19.1 Å². The second-order valence-corrected chi connectivity index (χ2v) is 3.97. The topological polar surface area (TPSA) is 83.1 Å². The third-order valence-corrected chi connectivity index (χ3v) is 2.73. The van der Waals surface area contributed by atoms with Gasteiger partial charge in [-0.1, -0.05) is 6.07 Å². The third kappa shape index (κ3) is 2.78. The summed E-state index contributed by atoms with van der Waals surface area (Å²) >= 11 is 0. The lowest BCUT2D eigenvalue weighted by molar-refractivity contribution is 0.405. The van der Waals surface area contributed by atoms with Crippen molar-refractivity contribution >= 4 is 0 Å². The van der Waals surface area contributed by atoms with Gasteiger partial charge in [-0.05, 0) is 13.0 Å². The predicted octanol–water partition coefficient (Wildman–Crippen LogP) is 1.37. The van der Waals surface area contributed by atoms with Gasteiger partial charge in [-0.3, -0.25) is 5.10 Å². The van der Waals surface area contributed by atoms with E-state index in [2.05, 4.69) is 20.5 Å². The van der Waals surface area contributed by atoms with Gasteiger partial charge < -0.3 is 15.2 Å². The van der Waals surface area contributed by atoms with Gasteiger partial charge in [-0.25, -0.2) is 4.98 Å². The summed E-state index contributed by atoms with van der Waals surface area (Å²) < 4.78 is 5.03. The normalized spacial score (nSPS) is 12.3. The van der Waals surface area contributed by atoms with Crippen LogP contribution >= 0.6 is 0 Å². The Balaban J connectivity index is 1.98. The fourth-order valence-electron chi connectivity index (χ4n) is 1.60. The third-order valence-electron chi connectivity index (χ3n) is 2.73. The maximum atomic E-state index is 9.81. The van der Waals surface area contributed by atoms with Crippen molar-refractivity contribution in [1.82, 2.24) is 20.5 Å². The number of H-pyrrole nitrogens is 1. The zero-order valence-electron chi connectivity index (χ0n) is 10.3. The minimum Gasteiger partial charge on any atom is -0.507 e. The molecule has 1 unspecified atom stereocenters. The number of nitrogens with zero attached hydrogens (tertiary/aromatic N) is 2. The van der Waals surface area contributed by atoms with Gasteiger partial charge in [0.25, 0.3) is 0 Å². The highest BCUT2D eigenvalue weighted by Crippen LogP contribution is 2.23. The van der Waals surface area contributed by atoms with E-state index in [4.69, 9.17) is 4.74 Å². The van der Waals surface area contributed by atoms with E-state index >= 15 is 0 Å². The van der Waals surface area contributed by atoms with Crippen LogP contribution in [0.15, 0.2) is 24.5 Å². The Labute approximate surface area is 105 Å². The Bertz CT molecular complexity index is 499. The van der Waals surface area contributed by atoms with E-state index in [-0.39, 0.29) is 11.8 Å². The summed E-state index contributed by atoms with van der Waals surface area (Å²) in [4.78, 5) is 4.07. The number of methoxy groups -OCH3 is 1. The molecule has 0 amide bonds. The number of benzene rings is 1. The molecule has 0 spiro atoms. The summed E-state index contributed by atoms with van der Waals surface area (Å²) in [7, 11) is 1.57. The van der Waals surface area contributed by atoms with Crippen molar-refractivity contribution in [2.45, 2.75) is 19.5 Å². The van der Waals surface area contributed by atoms with Crippen LogP contribution in [0.5, 0.6) is 11.5 Å². The Morgan fingerprint density at radius 2 is 2.33 bits per heavy atom. The van der Waals surface area contributed by atoms with Crippen molar-refractivity contribution in [3.8, 4) is 11.5 Å². The van der Waals surface area contributed by atoms with Crippen molar-refractivity contribution in [3.05, 3.63) is 35.9 Å². The Kier molecular flexibility index (Phi) is 3.78. The largest absolute Gasteiger partial charge is 0.507 e. The maximum Gasteiger partial charge on any atom is 0.141 e. The molecule has 2 rings (SSSR count). The van der Waals surface area contributed by atoms with Gasteiger partial charge in [0.15, 0.2) is 0 Å². The predicted molar refractivity (Wildman–Crippen MR) is 66.3 cm³/mol. The van der Waals surface area contributed by atoms with Crippen LogP contribution in [-0.2, 0) is 6.54 Å². The molecule has 2 aromatic rings. The number of phenols is 1. The van der Waals surface area contributed by atoms with E-state index in [0.29, 0.717) is 12.3 Å². The smallest absolute Gasteiger partial charge is 0.141 e. The standard InChI is InChI=1S/C12H16N4O2/c1-8(12-14-7-15-16-12)13-6-9-3-4-10(18-2)5-11(9)17/h3-5,7-8,13,17H,6H2,1-2H3,(H,14,15,16). The van der Waals surface area contributed by atoms with E-state index < -0.39 is 0 Å². The van der Waals surface area contributed by atoms with Crippen molar-refractivity contribution in [1.29, 1.82) is 0 Å². The summed E-state index contributed by atoms with van der Waals surface area (Å²) in [6, 6.07) is 5.27. The van der Waals surface area contributed by atoms with E-state index in [1.54, 1.807) is 13.2 Å². The van der Waals surface area contributed by atoms with Crippen molar-refractivity contribution < 1.29 is 9.84 Å². The van der Waals surface area contributed by atoms with Gasteiger partial charge in [0, 0.05) is 18.2 Å². The summed E-state index contributed by atoms with van der Waals surface area (Å²) in [5.74, 6) is 1.62. The molecule has 96 valence electrons. The van der Waals surface area contributed by atoms with E-state index in [1.165, 1.54) is 6.33 Å². The van der Waals surface area contributed by atoms with Gasteiger partial charge >= 0.3 is 0 Å². The highest BCUT2D eigenvalue weighted by molar-refractivity contribution is 5.39. The van der Waals surface area contributed by atoms with Crippen LogP contribution in [0.2, 0.25) is 0 Å². The highest BCUT2D eigenvalue weighted by atomic mass is 16.5. The number of phenolic OH excluding ortho intramolecular Hbond substituents is 1. The molecule has 3 N–H and O–H groups in total. The van der Waals surface area contributed by atoms with Crippen LogP contribution in [0, 0.1) is 0 Å². The molecule has 1 aromatic carbocycles. The van der Waals surface area contributed by atoms with E-state index in [9.17, 15) is 5.11 Å². The number of rotatable bonds is 5. The molecule has 18 heavy (non-hydrogen) atoms. The molecular formula is C12H16N4O2. The number of ether oxygens (including phenoxy) is 1. The maximum absolute atomic E-state index is 9.81. The second-order valence-electron chi connectivity index (χ2n) is 3.97. The molecule has 6 nitrogen and oxygen atoms in total. The highest BCUT2D eigenvalue weighted by Gasteiger charge is 2.09. The lowest BCUT2D eigenvalue weighted by atomic mass is 10.2. The number of hydrogen-bond donors (Lipinski definition) is 3.